The zero-order valence-corrected chi connectivity index (χ0v) is 14.0. The number of aryl methyl sites for hydroxylation is 1. The van der Waals surface area contributed by atoms with Crippen LogP contribution in [0.3, 0.4) is 0 Å². The van der Waals surface area contributed by atoms with E-state index in [1.165, 1.54) is 12.1 Å². The van der Waals surface area contributed by atoms with E-state index < -0.39 is 0 Å². The molecule has 23 heavy (non-hydrogen) atoms. The third kappa shape index (κ3) is 3.88. The van der Waals surface area contributed by atoms with Gasteiger partial charge in [0, 0.05) is 37.1 Å². The molecule has 1 aliphatic rings. The summed E-state index contributed by atoms with van der Waals surface area (Å²) in [6, 6.07) is 6.19. The van der Waals surface area contributed by atoms with Crippen molar-refractivity contribution in [3.63, 3.8) is 0 Å². The lowest BCUT2D eigenvalue weighted by Crippen LogP contribution is -2.27. The van der Waals surface area contributed by atoms with Gasteiger partial charge in [-0.15, -0.1) is 11.3 Å². The molecule has 122 valence electrons. The first kappa shape index (κ1) is 15.9. The van der Waals surface area contributed by atoms with Crippen molar-refractivity contribution in [3.05, 3.63) is 46.0 Å². The van der Waals surface area contributed by atoms with Gasteiger partial charge in [-0.1, -0.05) is 0 Å². The molecule has 1 amide bonds. The number of hydrogen-bond acceptors (Lipinski definition) is 3. The van der Waals surface area contributed by atoms with Crippen molar-refractivity contribution >= 4 is 22.9 Å². The molecule has 3 rings (SSSR count). The summed E-state index contributed by atoms with van der Waals surface area (Å²) in [5.74, 6) is 0.0164. The molecule has 1 saturated heterocycles. The molecule has 0 saturated carbocycles. The highest BCUT2D eigenvalue weighted by Crippen LogP contribution is 2.13. The minimum absolute atomic E-state index is 0.255. The Morgan fingerprint density at radius 3 is 2.74 bits per heavy atom. The van der Waals surface area contributed by atoms with Crippen LogP contribution in [0.5, 0.6) is 0 Å². The molecular formula is C17H20FN3OS. The van der Waals surface area contributed by atoms with Crippen molar-refractivity contribution in [2.24, 2.45) is 4.99 Å². The van der Waals surface area contributed by atoms with Crippen molar-refractivity contribution in [1.29, 1.82) is 0 Å². The highest BCUT2D eigenvalue weighted by atomic mass is 32.1. The molecule has 0 bridgehead atoms. The molecule has 1 aromatic carbocycles. The van der Waals surface area contributed by atoms with Gasteiger partial charge in [0.2, 0.25) is 5.91 Å². The summed E-state index contributed by atoms with van der Waals surface area (Å²) in [4.78, 5) is 19.1. The number of thiazole rings is 1. The van der Waals surface area contributed by atoms with Crippen LogP contribution in [-0.4, -0.2) is 28.5 Å². The van der Waals surface area contributed by atoms with Crippen molar-refractivity contribution in [2.75, 3.05) is 13.1 Å². The summed E-state index contributed by atoms with van der Waals surface area (Å²) >= 11 is 1.58. The van der Waals surface area contributed by atoms with Gasteiger partial charge in [-0.2, -0.15) is 0 Å². The molecule has 4 nitrogen and oxygen atoms in total. The van der Waals surface area contributed by atoms with Crippen molar-refractivity contribution in [3.8, 4) is 0 Å². The minimum atomic E-state index is -0.255. The predicted octanol–water partition coefficient (Wildman–Crippen LogP) is 3.24. The summed E-state index contributed by atoms with van der Waals surface area (Å²) in [5.41, 5.74) is 1.90. The Morgan fingerprint density at radius 2 is 2.04 bits per heavy atom. The second kappa shape index (κ2) is 7.08. The largest absolute Gasteiger partial charge is 0.343 e. The molecule has 2 aromatic rings. The van der Waals surface area contributed by atoms with Gasteiger partial charge >= 0.3 is 0 Å². The van der Waals surface area contributed by atoms with Crippen molar-refractivity contribution in [1.82, 2.24) is 9.47 Å². The van der Waals surface area contributed by atoms with Gasteiger partial charge in [0.1, 0.15) is 5.82 Å². The van der Waals surface area contributed by atoms with Gasteiger partial charge < -0.3 is 9.47 Å². The van der Waals surface area contributed by atoms with Crippen molar-refractivity contribution < 1.29 is 9.18 Å². The van der Waals surface area contributed by atoms with Crippen molar-refractivity contribution in [2.45, 2.75) is 32.7 Å². The molecule has 6 heteroatoms. The Morgan fingerprint density at radius 1 is 1.26 bits per heavy atom. The van der Waals surface area contributed by atoms with E-state index in [0.29, 0.717) is 6.42 Å². The standard InChI is InChI=1S/C17H20FN3OS/c1-13-12-23-17(19-15-7-5-14(18)6-8-15)21(13)11-3-10-20-9-2-4-16(20)22/h5-8,12H,2-4,9-11H2,1H3. The van der Waals surface area contributed by atoms with E-state index in [1.54, 1.807) is 23.5 Å². The van der Waals surface area contributed by atoms with E-state index >= 15 is 0 Å². The number of nitrogens with zero attached hydrogens (tertiary/aromatic N) is 3. The number of rotatable bonds is 5. The van der Waals surface area contributed by atoms with Crippen LogP contribution in [0.25, 0.3) is 0 Å². The maximum atomic E-state index is 13.0. The number of benzene rings is 1. The minimum Gasteiger partial charge on any atom is -0.343 e. The average molecular weight is 333 g/mol. The fourth-order valence-corrected chi connectivity index (χ4v) is 3.68. The quantitative estimate of drug-likeness (QED) is 0.828. The third-order valence-electron chi connectivity index (χ3n) is 4.02. The number of halogens is 1. The van der Waals surface area contributed by atoms with E-state index in [4.69, 9.17) is 0 Å². The Bertz CT molecular complexity index is 748. The molecule has 0 N–H and O–H groups in total. The van der Waals surface area contributed by atoms with Crippen LogP contribution in [-0.2, 0) is 11.3 Å². The SMILES string of the molecule is Cc1csc(=Nc2ccc(F)cc2)n1CCCN1CCCC1=O. The molecule has 1 aromatic heterocycles. The second-order valence-electron chi connectivity index (χ2n) is 5.74. The number of carbonyl (C=O) groups is 1. The summed E-state index contributed by atoms with van der Waals surface area (Å²) in [5, 5.41) is 2.07. The lowest BCUT2D eigenvalue weighted by molar-refractivity contribution is -0.127. The maximum Gasteiger partial charge on any atom is 0.222 e. The smallest absolute Gasteiger partial charge is 0.222 e. The lowest BCUT2D eigenvalue weighted by Gasteiger charge is -2.15. The maximum absolute atomic E-state index is 13.0. The summed E-state index contributed by atoms with van der Waals surface area (Å²) in [6.45, 7) is 4.58. The predicted molar refractivity (Wildman–Crippen MR) is 89.1 cm³/mol. The highest BCUT2D eigenvalue weighted by Gasteiger charge is 2.19. The fraction of sp³-hybridized carbons (Fsp3) is 0.412. The Labute approximate surface area is 138 Å². The summed E-state index contributed by atoms with van der Waals surface area (Å²) < 4.78 is 15.1. The Hall–Kier alpha value is -1.95. The van der Waals surface area contributed by atoms with E-state index in [-0.39, 0.29) is 11.7 Å². The zero-order chi connectivity index (χ0) is 16.2. The number of aromatic nitrogens is 1. The first-order valence-electron chi connectivity index (χ1n) is 7.86. The van der Waals surface area contributed by atoms with Gasteiger partial charge in [-0.05, 0) is 44.0 Å². The van der Waals surface area contributed by atoms with Crippen LogP contribution in [0.2, 0.25) is 0 Å². The highest BCUT2D eigenvalue weighted by molar-refractivity contribution is 7.07. The Balaban J connectivity index is 1.71. The van der Waals surface area contributed by atoms with Gasteiger partial charge in [0.15, 0.2) is 4.80 Å². The third-order valence-corrected chi connectivity index (χ3v) is 5.01. The topological polar surface area (TPSA) is 37.6 Å². The van der Waals surface area contributed by atoms with Gasteiger partial charge in [0.25, 0.3) is 0 Å². The zero-order valence-electron chi connectivity index (χ0n) is 13.2. The van der Waals surface area contributed by atoms with Crippen LogP contribution in [0.15, 0.2) is 34.6 Å². The Kier molecular flexibility index (Phi) is 4.91. The van der Waals surface area contributed by atoms with Gasteiger partial charge in [0.05, 0.1) is 5.69 Å². The van der Waals surface area contributed by atoms with Crippen LogP contribution in [0, 0.1) is 12.7 Å². The molecule has 0 atom stereocenters. The molecule has 1 aliphatic heterocycles. The lowest BCUT2D eigenvalue weighted by atomic mass is 10.3. The number of carbonyl (C=O) groups excluding carboxylic acids is 1. The summed E-state index contributed by atoms with van der Waals surface area (Å²) in [7, 11) is 0. The average Bonchev–Trinajstić information content (AvgIpc) is 3.10. The fourth-order valence-electron chi connectivity index (χ4n) is 2.76. The first-order valence-corrected chi connectivity index (χ1v) is 8.74. The number of amides is 1. The van der Waals surface area contributed by atoms with Gasteiger partial charge in [-0.3, -0.25) is 4.79 Å². The van der Waals surface area contributed by atoms with E-state index in [1.807, 2.05) is 4.90 Å². The monoisotopic (exact) mass is 333 g/mol. The second-order valence-corrected chi connectivity index (χ2v) is 6.57. The van der Waals surface area contributed by atoms with Crippen LogP contribution >= 0.6 is 11.3 Å². The molecule has 0 radical (unpaired) electrons. The molecule has 0 aliphatic carbocycles. The number of likely N-dealkylation sites (tertiary alicyclic amines) is 1. The van der Waals surface area contributed by atoms with Gasteiger partial charge in [-0.25, -0.2) is 9.38 Å². The molecule has 2 heterocycles. The molecular weight excluding hydrogens is 313 g/mol. The van der Waals surface area contributed by atoms with E-state index in [0.717, 1.165) is 48.7 Å². The molecule has 0 unspecified atom stereocenters. The normalized spacial score (nSPS) is 15.7. The van der Waals surface area contributed by atoms with E-state index in [9.17, 15) is 9.18 Å². The van der Waals surface area contributed by atoms with Crippen LogP contribution in [0.1, 0.15) is 25.0 Å². The first-order chi connectivity index (χ1) is 11.1. The molecule has 1 fully saturated rings. The van der Waals surface area contributed by atoms with E-state index in [2.05, 4.69) is 21.9 Å². The number of hydrogen-bond donors (Lipinski definition) is 0. The van der Waals surface area contributed by atoms with Crippen LogP contribution < -0.4 is 4.80 Å². The van der Waals surface area contributed by atoms with Crippen LogP contribution in [0.4, 0.5) is 10.1 Å². The molecule has 0 spiro atoms. The summed E-state index contributed by atoms with van der Waals surface area (Å²) in [6.07, 6.45) is 2.59.